The molecular weight excluding hydrogens is 465 g/mol. The number of likely N-dealkylation sites (N-methyl/N-ethyl adjacent to an activating group) is 1. The van der Waals surface area contributed by atoms with Gasteiger partial charge in [0.2, 0.25) is 11.9 Å². The fraction of sp³-hybridized carbons (Fsp3) is 0.440. The van der Waals surface area contributed by atoms with Crippen LogP contribution < -0.4 is 10.6 Å². The Labute approximate surface area is 209 Å². The molecule has 0 bridgehead atoms. The third kappa shape index (κ3) is 6.23. The molecule has 1 amide bonds. The van der Waals surface area contributed by atoms with Crippen molar-refractivity contribution >= 4 is 11.9 Å². The van der Waals surface area contributed by atoms with Gasteiger partial charge >= 0.3 is 0 Å². The maximum atomic E-state index is 13.6. The molecule has 1 aromatic carbocycles. The van der Waals surface area contributed by atoms with Crippen LogP contribution in [-0.2, 0) is 20.7 Å². The Morgan fingerprint density at radius 3 is 2.58 bits per heavy atom. The Hall–Kier alpha value is -3.41. The number of amides is 1. The second kappa shape index (κ2) is 11.5. The number of nitrogens with one attached hydrogen (secondary N) is 3. The van der Waals surface area contributed by atoms with Crippen LogP contribution in [0, 0.1) is 11.7 Å². The maximum Gasteiger partial charge on any atom is 0.227 e. The predicted molar refractivity (Wildman–Crippen MR) is 134 cm³/mol. The second-order valence-electron chi connectivity index (χ2n) is 8.98. The van der Waals surface area contributed by atoms with E-state index >= 15 is 0 Å². The van der Waals surface area contributed by atoms with Crippen molar-refractivity contribution in [2.45, 2.75) is 25.7 Å². The summed E-state index contributed by atoms with van der Waals surface area (Å²) in [5.74, 6) is 0.355. The van der Waals surface area contributed by atoms with Gasteiger partial charge in [0, 0.05) is 31.4 Å². The van der Waals surface area contributed by atoms with Gasteiger partial charge in [-0.1, -0.05) is 0 Å². The van der Waals surface area contributed by atoms with Gasteiger partial charge in [0.25, 0.3) is 0 Å². The quantitative estimate of drug-likeness (QED) is 0.412. The lowest BCUT2D eigenvalue weighted by Gasteiger charge is -2.27. The number of benzene rings is 1. The maximum absolute atomic E-state index is 13.6. The van der Waals surface area contributed by atoms with Crippen LogP contribution in [0.1, 0.15) is 12.7 Å². The van der Waals surface area contributed by atoms with Crippen LogP contribution in [0.2, 0.25) is 0 Å². The van der Waals surface area contributed by atoms with E-state index in [9.17, 15) is 9.18 Å². The van der Waals surface area contributed by atoms with E-state index in [1.54, 1.807) is 31.4 Å². The topological polar surface area (TPSA) is 117 Å². The number of hydrogen-bond acceptors (Lipinski definition) is 8. The van der Waals surface area contributed by atoms with Crippen LogP contribution >= 0.6 is 0 Å². The number of halogens is 1. The van der Waals surface area contributed by atoms with E-state index in [4.69, 9.17) is 14.5 Å². The zero-order chi connectivity index (χ0) is 25.7. The van der Waals surface area contributed by atoms with E-state index in [2.05, 4.69) is 37.4 Å². The lowest BCUT2D eigenvalue weighted by Crippen LogP contribution is -2.41. The Balaban J connectivity index is 1.57. The molecule has 2 aromatic heterocycles. The third-order valence-corrected chi connectivity index (χ3v) is 6.16. The molecule has 1 aliphatic rings. The van der Waals surface area contributed by atoms with Gasteiger partial charge in [-0.05, 0) is 51.4 Å². The number of aromatic nitrogens is 4. The van der Waals surface area contributed by atoms with Crippen molar-refractivity contribution in [1.29, 1.82) is 0 Å². The summed E-state index contributed by atoms with van der Waals surface area (Å²) in [6, 6.07) is 8.25. The SMILES string of the molecule is CNC(=O)C1COC(Cc2nc(-c3ccc(F)cc3)c(-c3ccnc(NCC(C)N(C)C)n3)[nH]2)OC1. The van der Waals surface area contributed by atoms with E-state index in [1.807, 2.05) is 14.1 Å². The van der Waals surface area contributed by atoms with Crippen LogP contribution in [0.5, 0.6) is 0 Å². The van der Waals surface area contributed by atoms with Crippen LogP contribution in [-0.4, -0.2) is 84.0 Å². The van der Waals surface area contributed by atoms with Crippen LogP contribution in [0.4, 0.5) is 10.3 Å². The van der Waals surface area contributed by atoms with Crippen molar-refractivity contribution < 1.29 is 18.7 Å². The van der Waals surface area contributed by atoms with Gasteiger partial charge in [0.05, 0.1) is 42.6 Å². The van der Waals surface area contributed by atoms with Crippen molar-refractivity contribution in [3.63, 3.8) is 0 Å². The van der Waals surface area contributed by atoms with Crippen molar-refractivity contribution in [2.24, 2.45) is 5.92 Å². The number of ether oxygens (including phenoxy) is 2. The Morgan fingerprint density at radius 2 is 1.92 bits per heavy atom. The summed E-state index contributed by atoms with van der Waals surface area (Å²) < 4.78 is 25.1. The fourth-order valence-electron chi connectivity index (χ4n) is 3.70. The first kappa shape index (κ1) is 25.7. The summed E-state index contributed by atoms with van der Waals surface area (Å²) in [6.45, 7) is 3.34. The molecule has 1 saturated heterocycles. The van der Waals surface area contributed by atoms with Gasteiger partial charge in [-0.15, -0.1) is 0 Å². The molecule has 3 aromatic rings. The molecular formula is C25H32FN7O3. The molecule has 10 nitrogen and oxygen atoms in total. The molecule has 1 fully saturated rings. The van der Waals surface area contributed by atoms with E-state index < -0.39 is 6.29 Å². The van der Waals surface area contributed by atoms with E-state index in [1.165, 1.54) is 12.1 Å². The Kier molecular flexibility index (Phi) is 8.24. The third-order valence-electron chi connectivity index (χ3n) is 6.16. The minimum Gasteiger partial charge on any atom is -0.359 e. The predicted octanol–water partition coefficient (Wildman–Crippen LogP) is 2.31. The normalized spacial score (nSPS) is 18.7. The van der Waals surface area contributed by atoms with Gasteiger partial charge in [-0.25, -0.2) is 19.3 Å². The van der Waals surface area contributed by atoms with Gasteiger partial charge in [0.1, 0.15) is 11.6 Å². The Bertz CT molecular complexity index is 1160. The van der Waals surface area contributed by atoms with E-state index in [0.717, 1.165) is 5.56 Å². The van der Waals surface area contributed by atoms with Crippen LogP contribution in [0.3, 0.4) is 0 Å². The lowest BCUT2D eigenvalue weighted by molar-refractivity contribution is -0.200. The molecule has 0 radical (unpaired) electrons. The molecule has 11 heteroatoms. The summed E-state index contributed by atoms with van der Waals surface area (Å²) in [5, 5.41) is 5.88. The average molecular weight is 498 g/mol. The molecule has 192 valence electrons. The zero-order valence-electron chi connectivity index (χ0n) is 20.9. The molecule has 0 spiro atoms. The summed E-state index contributed by atoms with van der Waals surface area (Å²) in [5.41, 5.74) is 2.71. The number of rotatable bonds is 9. The second-order valence-corrected chi connectivity index (χ2v) is 8.98. The number of carbonyl (C=O) groups is 1. The molecule has 3 heterocycles. The first-order valence-corrected chi connectivity index (χ1v) is 11.9. The average Bonchev–Trinajstić information content (AvgIpc) is 3.31. The first-order chi connectivity index (χ1) is 17.3. The van der Waals surface area contributed by atoms with Crippen molar-refractivity contribution in [1.82, 2.24) is 30.2 Å². The molecule has 1 atom stereocenters. The number of imidazole rings is 1. The van der Waals surface area contributed by atoms with Crippen LogP contribution in [0.25, 0.3) is 22.6 Å². The van der Waals surface area contributed by atoms with Gasteiger partial charge in [0.15, 0.2) is 6.29 Å². The number of H-pyrrole nitrogens is 1. The number of hydrogen-bond donors (Lipinski definition) is 3. The van der Waals surface area contributed by atoms with Crippen molar-refractivity contribution in [2.75, 3.05) is 46.2 Å². The molecule has 0 aliphatic carbocycles. The summed E-state index contributed by atoms with van der Waals surface area (Å²) >= 11 is 0. The number of carbonyl (C=O) groups excluding carboxylic acids is 1. The fourth-order valence-corrected chi connectivity index (χ4v) is 3.70. The molecule has 1 aliphatic heterocycles. The molecule has 36 heavy (non-hydrogen) atoms. The zero-order valence-corrected chi connectivity index (χ0v) is 20.9. The van der Waals surface area contributed by atoms with Gasteiger partial charge < -0.3 is 30.0 Å². The molecule has 4 rings (SSSR count). The van der Waals surface area contributed by atoms with E-state index in [-0.39, 0.29) is 30.9 Å². The van der Waals surface area contributed by atoms with Crippen molar-refractivity contribution in [3.8, 4) is 22.6 Å². The highest BCUT2D eigenvalue weighted by molar-refractivity contribution is 5.78. The molecule has 1 unspecified atom stereocenters. The lowest BCUT2D eigenvalue weighted by atomic mass is 10.1. The monoisotopic (exact) mass is 497 g/mol. The summed E-state index contributed by atoms with van der Waals surface area (Å²) in [7, 11) is 5.62. The smallest absolute Gasteiger partial charge is 0.227 e. The molecule has 0 saturated carbocycles. The summed E-state index contributed by atoms with van der Waals surface area (Å²) in [6.07, 6.45) is 1.50. The van der Waals surface area contributed by atoms with Crippen LogP contribution in [0.15, 0.2) is 36.5 Å². The highest BCUT2D eigenvalue weighted by atomic mass is 19.1. The number of aromatic amines is 1. The highest BCUT2D eigenvalue weighted by Crippen LogP contribution is 2.30. The minimum absolute atomic E-state index is 0.111. The minimum atomic E-state index is -0.541. The van der Waals surface area contributed by atoms with Gasteiger partial charge in [-0.2, -0.15) is 0 Å². The van der Waals surface area contributed by atoms with Gasteiger partial charge in [-0.3, -0.25) is 4.79 Å². The largest absolute Gasteiger partial charge is 0.359 e. The standard InChI is InChI=1S/C25H32FN7O3/c1-15(33(3)4)12-29-25-28-10-9-19(30-25)23-22(16-5-7-18(26)8-6-16)31-20(32-23)11-21-35-13-17(14-36-21)24(34)27-2/h5-10,15,17,21H,11-14H2,1-4H3,(H,27,34)(H,31,32)(H,28,29,30). The number of nitrogens with zero attached hydrogens (tertiary/aromatic N) is 4. The van der Waals surface area contributed by atoms with Crippen molar-refractivity contribution in [3.05, 3.63) is 48.2 Å². The molecule has 3 N–H and O–H groups in total. The Morgan fingerprint density at radius 1 is 1.19 bits per heavy atom. The first-order valence-electron chi connectivity index (χ1n) is 11.9. The van der Waals surface area contributed by atoms with E-state index in [0.29, 0.717) is 47.9 Å². The number of anilines is 1. The summed E-state index contributed by atoms with van der Waals surface area (Å²) in [4.78, 5) is 31.1. The highest BCUT2D eigenvalue weighted by Gasteiger charge is 2.28.